The number of pyridine rings is 1. The van der Waals surface area contributed by atoms with Crippen molar-refractivity contribution in [3.63, 3.8) is 0 Å². The molecule has 0 radical (unpaired) electrons. The van der Waals surface area contributed by atoms with Crippen LogP contribution in [0.25, 0.3) is 0 Å². The molecule has 1 aromatic carbocycles. The number of nitrogens with zero attached hydrogens (tertiary/aromatic N) is 3. The van der Waals surface area contributed by atoms with E-state index in [1.807, 2.05) is 36.7 Å². The standard InChI is InChI=1S/C17H21N5O/c1-18-17(23)20-14-2-4-15(5-3-14)21-10-12-22(13-11-21)16-6-8-19-9-7-16/h2-9H,10-13H2,1H3,(H2,18,20,23). The SMILES string of the molecule is CNC(=O)Nc1ccc(N2CCN(c3ccncc3)CC2)cc1. The van der Waals surface area contributed by atoms with Gasteiger partial charge in [-0.05, 0) is 36.4 Å². The number of hydrogen-bond donors (Lipinski definition) is 2. The van der Waals surface area contributed by atoms with Crippen LogP contribution in [0.1, 0.15) is 0 Å². The summed E-state index contributed by atoms with van der Waals surface area (Å²) in [6.45, 7) is 3.93. The summed E-state index contributed by atoms with van der Waals surface area (Å²) in [5, 5.41) is 5.31. The van der Waals surface area contributed by atoms with E-state index in [2.05, 4.69) is 37.6 Å². The fourth-order valence-electron chi connectivity index (χ4n) is 2.73. The number of carbonyl (C=O) groups is 1. The van der Waals surface area contributed by atoms with E-state index in [9.17, 15) is 4.79 Å². The van der Waals surface area contributed by atoms with Crippen molar-refractivity contribution in [3.8, 4) is 0 Å². The molecule has 3 rings (SSSR count). The minimum absolute atomic E-state index is 0.205. The predicted octanol–water partition coefficient (Wildman–Crippen LogP) is 2.16. The highest BCUT2D eigenvalue weighted by Gasteiger charge is 2.17. The second kappa shape index (κ2) is 7.00. The summed E-state index contributed by atoms with van der Waals surface area (Å²) in [6, 6.07) is 11.9. The van der Waals surface area contributed by atoms with Crippen LogP contribution in [0.5, 0.6) is 0 Å². The molecular weight excluding hydrogens is 290 g/mol. The van der Waals surface area contributed by atoms with Crippen LogP contribution in [-0.4, -0.2) is 44.2 Å². The smallest absolute Gasteiger partial charge is 0.318 e. The normalized spacial score (nSPS) is 14.5. The van der Waals surface area contributed by atoms with Gasteiger partial charge >= 0.3 is 6.03 Å². The number of carbonyl (C=O) groups excluding carboxylic acids is 1. The number of hydrogen-bond acceptors (Lipinski definition) is 4. The Morgan fingerprint density at radius 2 is 1.43 bits per heavy atom. The van der Waals surface area contributed by atoms with E-state index < -0.39 is 0 Å². The van der Waals surface area contributed by atoms with Gasteiger partial charge in [0.1, 0.15) is 0 Å². The molecule has 1 fully saturated rings. The van der Waals surface area contributed by atoms with Crippen molar-refractivity contribution < 1.29 is 4.79 Å². The Morgan fingerprint density at radius 1 is 0.913 bits per heavy atom. The molecular formula is C17H21N5O. The lowest BCUT2D eigenvalue weighted by Gasteiger charge is -2.37. The molecule has 0 atom stereocenters. The summed E-state index contributed by atoms with van der Waals surface area (Å²) < 4.78 is 0. The van der Waals surface area contributed by atoms with Gasteiger partial charge in [-0.25, -0.2) is 4.79 Å². The first kappa shape index (κ1) is 15.1. The van der Waals surface area contributed by atoms with E-state index >= 15 is 0 Å². The molecule has 120 valence electrons. The molecule has 6 nitrogen and oxygen atoms in total. The molecule has 1 saturated heterocycles. The highest BCUT2D eigenvalue weighted by Crippen LogP contribution is 2.21. The van der Waals surface area contributed by atoms with Gasteiger partial charge in [0.15, 0.2) is 0 Å². The fourth-order valence-corrected chi connectivity index (χ4v) is 2.73. The van der Waals surface area contributed by atoms with Crippen LogP contribution in [0.3, 0.4) is 0 Å². The Morgan fingerprint density at radius 3 is 1.96 bits per heavy atom. The Balaban J connectivity index is 1.58. The molecule has 0 saturated carbocycles. The quantitative estimate of drug-likeness (QED) is 0.912. The fraction of sp³-hybridized carbons (Fsp3) is 0.294. The van der Waals surface area contributed by atoms with Crippen molar-refractivity contribution in [2.24, 2.45) is 0 Å². The third-order valence-corrected chi connectivity index (χ3v) is 4.02. The van der Waals surface area contributed by atoms with E-state index in [0.29, 0.717) is 0 Å². The van der Waals surface area contributed by atoms with Gasteiger partial charge in [0.2, 0.25) is 0 Å². The average molecular weight is 311 g/mol. The molecule has 0 spiro atoms. The Hall–Kier alpha value is -2.76. The van der Waals surface area contributed by atoms with Gasteiger partial charge in [-0.1, -0.05) is 0 Å². The molecule has 23 heavy (non-hydrogen) atoms. The van der Waals surface area contributed by atoms with E-state index in [1.54, 1.807) is 7.05 Å². The first-order chi connectivity index (χ1) is 11.3. The maximum absolute atomic E-state index is 11.3. The van der Waals surface area contributed by atoms with Gasteiger partial charge in [0, 0.05) is 62.7 Å². The summed E-state index contributed by atoms with van der Waals surface area (Å²) in [5.74, 6) is 0. The van der Waals surface area contributed by atoms with Gasteiger partial charge < -0.3 is 20.4 Å². The van der Waals surface area contributed by atoms with E-state index in [-0.39, 0.29) is 6.03 Å². The van der Waals surface area contributed by atoms with E-state index in [0.717, 1.165) is 31.9 Å². The van der Waals surface area contributed by atoms with Crippen LogP contribution < -0.4 is 20.4 Å². The zero-order valence-electron chi connectivity index (χ0n) is 13.2. The Labute approximate surface area is 136 Å². The lowest BCUT2D eigenvalue weighted by molar-refractivity contribution is 0.254. The summed E-state index contributed by atoms with van der Waals surface area (Å²) in [6.07, 6.45) is 3.67. The predicted molar refractivity (Wildman–Crippen MR) is 93.2 cm³/mol. The van der Waals surface area contributed by atoms with E-state index in [1.165, 1.54) is 11.4 Å². The van der Waals surface area contributed by atoms with Crippen LogP contribution in [-0.2, 0) is 0 Å². The van der Waals surface area contributed by atoms with Crippen molar-refractivity contribution in [3.05, 3.63) is 48.8 Å². The minimum atomic E-state index is -0.205. The van der Waals surface area contributed by atoms with Crippen molar-refractivity contribution in [1.82, 2.24) is 10.3 Å². The lowest BCUT2D eigenvalue weighted by Crippen LogP contribution is -2.46. The van der Waals surface area contributed by atoms with Crippen molar-refractivity contribution >= 4 is 23.1 Å². The first-order valence-corrected chi connectivity index (χ1v) is 7.75. The number of amides is 2. The van der Waals surface area contributed by atoms with Gasteiger partial charge in [-0.2, -0.15) is 0 Å². The highest BCUT2D eigenvalue weighted by molar-refractivity contribution is 5.89. The third kappa shape index (κ3) is 3.71. The second-order valence-corrected chi connectivity index (χ2v) is 5.43. The molecule has 0 unspecified atom stereocenters. The molecule has 2 heterocycles. The molecule has 1 aromatic heterocycles. The van der Waals surface area contributed by atoms with Crippen molar-refractivity contribution in [2.75, 3.05) is 48.3 Å². The molecule has 2 N–H and O–H groups in total. The number of rotatable bonds is 3. The molecule has 0 bridgehead atoms. The van der Waals surface area contributed by atoms with Crippen LogP contribution >= 0.6 is 0 Å². The van der Waals surface area contributed by atoms with Crippen LogP contribution in [0, 0.1) is 0 Å². The maximum atomic E-state index is 11.3. The molecule has 0 aliphatic carbocycles. The second-order valence-electron chi connectivity index (χ2n) is 5.43. The average Bonchev–Trinajstić information content (AvgIpc) is 2.63. The number of piperazine rings is 1. The van der Waals surface area contributed by atoms with Crippen LogP contribution in [0.4, 0.5) is 21.9 Å². The molecule has 1 aliphatic rings. The highest BCUT2D eigenvalue weighted by atomic mass is 16.2. The maximum Gasteiger partial charge on any atom is 0.318 e. The summed E-state index contributed by atoms with van der Waals surface area (Å²) >= 11 is 0. The number of benzene rings is 1. The van der Waals surface area contributed by atoms with Crippen molar-refractivity contribution in [2.45, 2.75) is 0 Å². The van der Waals surface area contributed by atoms with Gasteiger partial charge in [0.05, 0.1) is 0 Å². The molecule has 2 aromatic rings. The van der Waals surface area contributed by atoms with Crippen LogP contribution in [0.15, 0.2) is 48.8 Å². The summed E-state index contributed by atoms with van der Waals surface area (Å²) in [7, 11) is 1.60. The monoisotopic (exact) mass is 311 g/mol. The van der Waals surface area contributed by atoms with Gasteiger partial charge in [-0.3, -0.25) is 4.98 Å². The lowest BCUT2D eigenvalue weighted by atomic mass is 10.2. The number of anilines is 3. The molecule has 1 aliphatic heterocycles. The Kier molecular flexibility index (Phi) is 4.61. The summed E-state index contributed by atoms with van der Waals surface area (Å²) in [5.41, 5.74) is 3.20. The minimum Gasteiger partial charge on any atom is -0.368 e. The van der Waals surface area contributed by atoms with Crippen LogP contribution in [0.2, 0.25) is 0 Å². The van der Waals surface area contributed by atoms with E-state index in [4.69, 9.17) is 0 Å². The number of urea groups is 1. The van der Waals surface area contributed by atoms with Gasteiger partial charge in [-0.15, -0.1) is 0 Å². The Bertz CT molecular complexity index is 636. The number of nitrogens with one attached hydrogen (secondary N) is 2. The van der Waals surface area contributed by atoms with Gasteiger partial charge in [0.25, 0.3) is 0 Å². The number of aromatic nitrogens is 1. The third-order valence-electron chi connectivity index (χ3n) is 4.02. The summed E-state index contributed by atoms with van der Waals surface area (Å²) in [4.78, 5) is 20.1. The topological polar surface area (TPSA) is 60.5 Å². The zero-order valence-corrected chi connectivity index (χ0v) is 13.2. The molecule has 2 amide bonds. The van der Waals surface area contributed by atoms with Crippen molar-refractivity contribution in [1.29, 1.82) is 0 Å². The largest absolute Gasteiger partial charge is 0.368 e. The first-order valence-electron chi connectivity index (χ1n) is 7.75. The zero-order chi connectivity index (χ0) is 16.1. The molecule has 6 heteroatoms.